The summed E-state index contributed by atoms with van der Waals surface area (Å²) < 4.78 is 34.8. The number of pyridine rings is 1. The lowest BCUT2D eigenvalue weighted by molar-refractivity contribution is 0.253. The van der Waals surface area contributed by atoms with Crippen molar-refractivity contribution < 1.29 is 18.3 Å². The fourth-order valence-electron chi connectivity index (χ4n) is 2.92. The SMILES string of the molecule is COc1ncc(-c2ccc3ncc(C#CC(C)O)n3n2)cc1NS(=O)(=O)c1ccccc1. The minimum atomic E-state index is -3.84. The highest BCUT2D eigenvalue weighted by Crippen LogP contribution is 2.29. The van der Waals surface area contributed by atoms with E-state index in [0.717, 1.165) is 0 Å². The van der Waals surface area contributed by atoms with E-state index in [2.05, 4.69) is 31.6 Å². The van der Waals surface area contributed by atoms with Gasteiger partial charge in [-0.15, -0.1) is 0 Å². The molecule has 0 aliphatic carbocycles. The second-order valence-electron chi connectivity index (χ2n) is 6.78. The lowest BCUT2D eigenvalue weighted by Crippen LogP contribution is -2.14. The van der Waals surface area contributed by atoms with Crippen LogP contribution >= 0.6 is 0 Å². The minimum Gasteiger partial charge on any atom is -0.480 e. The molecule has 0 amide bonds. The predicted octanol–water partition coefficient (Wildman–Crippen LogP) is 2.33. The molecule has 0 saturated carbocycles. The topological polar surface area (TPSA) is 119 Å². The molecule has 162 valence electrons. The van der Waals surface area contributed by atoms with Crippen LogP contribution in [0.1, 0.15) is 12.6 Å². The Morgan fingerprint density at radius 1 is 1.12 bits per heavy atom. The minimum absolute atomic E-state index is 0.117. The number of ether oxygens (including phenoxy) is 1. The first kappa shape index (κ1) is 21.3. The van der Waals surface area contributed by atoms with Crippen LogP contribution in [0, 0.1) is 11.8 Å². The highest BCUT2D eigenvalue weighted by molar-refractivity contribution is 7.92. The van der Waals surface area contributed by atoms with Gasteiger partial charge in [0.15, 0.2) is 5.65 Å². The number of imidazole rings is 1. The van der Waals surface area contributed by atoms with Crippen molar-refractivity contribution in [3.05, 3.63) is 66.6 Å². The van der Waals surface area contributed by atoms with Crippen molar-refractivity contribution in [2.75, 3.05) is 11.8 Å². The third kappa shape index (κ3) is 4.39. The highest BCUT2D eigenvalue weighted by Gasteiger charge is 2.18. The van der Waals surface area contributed by atoms with Gasteiger partial charge in [-0.3, -0.25) is 4.72 Å². The van der Waals surface area contributed by atoms with Crippen molar-refractivity contribution in [3.63, 3.8) is 0 Å². The molecule has 4 aromatic rings. The van der Waals surface area contributed by atoms with Gasteiger partial charge < -0.3 is 9.84 Å². The molecule has 0 spiro atoms. The van der Waals surface area contributed by atoms with E-state index in [1.807, 2.05) is 0 Å². The predicted molar refractivity (Wildman–Crippen MR) is 119 cm³/mol. The van der Waals surface area contributed by atoms with Crippen LogP contribution in [-0.4, -0.2) is 46.3 Å². The third-order valence-corrected chi connectivity index (χ3v) is 5.79. The largest absolute Gasteiger partial charge is 0.480 e. The Labute approximate surface area is 184 Å². The average Bonchev–Trinajstić information content (AvgIpc) is 3.20. The number of nitrogens with zero attached hydrogens (tertiary/aromatic N) is 4. The third-order valence-electron chi connectivity index (χ3n) is 4.41. The first-order valence-electron chi connectivity index (χ1n) is 9.54. The van der Waals surface area contributed by atoms with Gasteiger partial charge in [-0.2, -0.15) is 5.10 Å². The van der Waals surface area contributed by atoms with Crippen molar-refractivity contribution in [2.24, 2.45) is 0 Å². The van der Waals surface area contributed by atoms with Crippen LogP contribution in [0.4, 0.5) is 5.69 Å². The van der Waals surface area contributed by atoms with Crippen molar-refractivity contribution in [3.8, 4) is 29.0 Å². The summed E-state index contributed by atoms with van der Waals surface area (Å²) in [5, 5.41) is 14.0. The van der Waals surface area contributed by atoms with Crippen LogP contribution in [0.5, 0.6) is 5.88 Å². The van der Waals surface area contributed by atoms with Crippen LogP contribution in [0.25, 0.3) is 16.9 Å². The summed E-state index contributed by atoms with van der Waals surface area (Å²) >= 11 is 0. The van der Waals surface area contributed by atoms with Gasteiger partial charge in [0, 0.05) is 11.8 Å². The van der Waals surface area contributed by atoms with E-state index in [9.17, 15) is 13.5 Å². The van der Waals surface area contributed by atoms with Gasteiger partial charge in [0.2, 0.25) is 5.88 Å². The monoisotopic (exact) mass is 449 g/mol. The Morgan fingerprint density at radius 2 is 1.91 bits per heavy atom. The van der Waals surface area contributed by atoms with Gasteiger partial charge in [0.1, 0.15) is 17.5 Å². The van der Waals surface area contributed by atoms with Gasteiger partial charge in [0.05, 0.1) is 23.9 Å². The zero-order chi connectivity index (χ0) is 22.7. The van der Waals surface area contributed by atoms with Crippen LogP contribution in [0.15, 0.2) is 65.8 Å². The lowest BCUT2D eigenvalue weighted by Gasteiger charge is -2.12. The lowest BCUT2D eigenvalue weighted by atomic mass is 10.2. The number of hydrogen-bond acceptors (Lipinski definition) is 7. The molecule has 1 unspecified atom stereocenters. The Bertz CT molecular complexity index is 1440. The zero-order valence-electron chi connectivity index (χ0n) is 17.2. The maximum Gasteiger partial charge on any atom is 0.262 e. The molecule has 9 nitrogen and oxygen atoms in total. The molecule has 0 aliphatic rings. The quantitative estimate of drug-likeness (QED) is 0.449. The second kappa shape index (κ2) is 8.66. The molecule has 0 radical (unpaired) electrons. The summed E-state index contributed by atoms with van der Waals surface area (Å²) in [5.74, 6) is 5.62. The summed E-state index contributed by atoms with van der Waals surface area (Å²) in [6.07, 6.45) is 2.31. The Hall–Kier alpha value is -3.94. The van der Waals surface area contributed by atoms with Crippen LogP contribution < -0.4 is 9.46 Å². The molecular weight excluding hydrogens is 430 g/mol. The zero-order valence-corrected chi connectivity index (χ0v) is 18.0. The van der Waals surface area contributed by atoms with Gasteiger partial charge in [-0.05, 0) is 43.2 Å². The molecule has 10 heteroatoms. The van der Waals surface area contributed by atoms with Gasteiger partial charge in [0.25, 0.3) is 10.0 Å². The molecular formula is C22H19N5O4S. The number of aromatic nitrogens is 4. The summed E-state index contributed by atoms with van der Waals surface area (Å²) in [5.41, 5.74) is 2.34. The van der Waals surface area contributed by atoms with Crippen molar-refractivity contribution >= 4 is 21.4 Å². The number of fused-ring (bicyclic) bond motifs is 1. The standard InChI is InChI=1S/C22H19N5O4S/c1-15(28)8-9-17-14-23-21-11-10-19(25-27(17)21)16-12-20(22(31-2)24-13-16)26-32(29,30)18-6-4-3-5-7-18/h3-7,10-15,26,28H,1-2H3. The number of rotatable bonds is 5. The Morgan fingerprint density at radius 3 is 2.62 bits per heavy atom. The van der Waals surface area contributed by atoms with Gasteiger partial charge in [-0.1, -0.05) is 24.1 Å². The molecule has 0 fully saturated rings. The average molecular weight is 449 g/mol. The molecule has 1 aromatic carbocycles. The molecule has 3 heterocycles. The fourth-order valence-corrected chi connectivity index (χ4v) is 3.99. The first-order valence-corrected chi connectivity index (χ1v) is 11.0. The number of aliphatic hydroxyl groups excluding tert-OH is 1. The Balaban J connectivity index is 1.75. The molecule has 0 bridgehead atoms. The molecule has 0 aliphatic heterocycles. The van der Waals surface area contributed by atoms with Crippen molar-refractivity contribution in [2.45, 2.75) is 17.9 Å². The number of aliphatic hydroxyl groups is 1. The van der Waals surface area contributed by atoms with Crippen LogP contribution in [-0.2, 0) is 10.0 Å². The maximum atomic E-state index is 12.8. The molecule has 32 heavy (non-hydrogen) atoms. The van der Waals surface area contributed by atoms with Crippen molar-refractivity contribution in [1.82, 2.24) is 19.6 Å². The molecule has 3 aromatic heterocycles. The second-order valence-corrected chi connectivity index (χ2v) is 8.46. The number of methoxy groups -OCH3 is 1. The van der Waals surface area contributed by atoms with Crippen molar-refractivity contribution in [1.29, 1.82) is 0 Å². The molecule has 1 atom stereocenters. The number of hydrogen-bond donors (Lipinski definition) is 2. The van der Waals surface area contributed by atoms with E-state index < -0.39 is 16.1 Å². The molecule has 2 N–H and O–H groups in total. The maximum absolute atomic E-state index is 12.8. The van der Waals surface area contributed by atoms with E-state index in [0.29, 0.717) is 22.6 Å². The molecule has 0 saturated heterocycles. The summed E-state index contributed by atoms with van der Waals surface area (Å²) in [4.78, 5) is 8.59. The van der Waals surface area contributed by atoms with Gasteiger partial charge >= 0.3 is 0 Å². The summed E-state index contributed by atoms with van der Waals surface area (Å²) in [7, 11) is -2.43. The van der Waals surface area contributed by atoms with Crippen LogP contribution in [0.3, 0.4) is 0 Å². The first-order chi connectivity index (χ1) is 15.4. The smallest absolute Gasteiger partial charge is 0.262 e. The van der Waals surface area contributed by atoms with E-state index >= 15 is 0 Å². The molecule has 4 rings (SSSR count). The van der Waals surface area contributed by atoms with Crippen LogP contribution in [0.2, 0.25) is 0 Å². The number of anilines is 1. The Kier molecular flexibility index (Phi) is 5.77. The fraction of sp³-hybridized carbons (Fsp3) is 0.136. The highest BCUT2D eigenvalue weighted by atomic mass is 32.2. The van der Waals surface area contributed by atoms with E-state index in [-0.39, 0.29) is 16.5 Å². The number of benzene rings is 1. The van der Waals surface area contributed by atoms with E-state index in [4.69, 9.17) is 4.74 Å². The summed E-state index contributed by atoms with van der Waals surface area (Å²) in [6, 6.07) is 13.1. The summed E-state index contributed by atoms with van der Waals surface area (Å²) in [6.45, 7) is 1.57. The number of nitrogens with one attached hydrogen (secondary N) is 1. The van der Waals surface area contributed by atoms with E-state index in [1.54, 1.807) is 54.0 Å². The number of sulfonamides is 1. The normalized spacial score (nSPS) is 12.1. The van der Waals surface area contributed by atoms with E-state index in [1.165, 1.54) is 25.4 Å². The van der Waals surface area contributed by atoms with Gasteiger partial charge in [-0.25, -0.2) is 22.9 Å².